The molecule has 1 fully saturated rings. The molecule has 1 saturated carbocycles. The van der Waals surface area contributed by atoms with Crippen LogP contribution in [-0.2, 0) is 0 Å². The van der Waals surface area contributed by atoms with Crippen LogP contribution in [0.25, 0.3) is 5.65 Å². The van der Waals surface area contributed by atoms with Crippen molar-refractivity contribution in [3.8, 4) is 0 Å². The number of hydrogen-bond donors (Lipinski definition) is 2. The van der Waals surface area contributed by atoms with E-state index in [-0.39, 0.29) is 6.10 Å². The maximum absolute atomic E-state index is 9.46. The number of rotatable bonds is 3. The standard InChI is InChI=1S/C13H18N4O/c18-11-6-4-10(5-7-11)9-14-13-15-12-3-1-2-8-17(12)16-13/h1-3,8,10-11,18H,4-7,9H2,(H,14,16). The minimum atomic E-state index is -0.0884. The van der Waals surface area contributed by atoms with Gasteiger partial charge in [0.2, 0.25) is 5.95 Å². The Kier molecular flexibility index (Phi) is 3.15. The molecule has 0 saturated heterocycles. The molecule has 1 aliphatic carbocycles. The molecule has 0 aromatic carbocycles. The van der Waals surface area contributed by atoms with Crippen LogP contribution in [0.15, 0.2) is 24.4 Å². The molecule has 0 spiro atoms. The first-order valence-electron chi connectivity index (χ1n) is 6.54. The minimum Gasteiger partial charge on any atom is -0.393 e. The van der Waals surface area contributed by atoms with Crippen molar-refractivity contribution in [3.05, 3.63) is 24.4 Å². The highest BCUT2D eigenvalue weighted by Gasteiger charge is 2.19. The number of pyridine rings is 1. The first-order chi connectivity index (χ1) is 8.81. The molecule has 2 aromatic heterocycles. The van der Waals surface area contributed by atoms with Crippen molar-refractivity contribution in [1.29, 1.82) is 0 Å². The number of aromatic nitrogens is 3. The summed E-state index contributed by atoms with van der Waals surface area (Å²) in [4.78, 5) is 4.40. The maximum atomic E-state index is 9.46. The normalized spacial score (nSPS) is 24.3. The van der Waals surface area contributed by atoms with Gasteiger partial charge in [0, 0.05) is 12.7 Å². The highest BCUT2D eigenvalue weighted by atomic mass is 16.3. The topological polar surface area (TPSA) is 62.5 Å². The summed E-state index contributed by atoms with van der Waals surface area (Å²) >= 11 is 0. The van der Waals surface area contributed by atoms with Gasteiger partial charge < -0.3 is 10.4 Å². The van der Waals surface area contributed by atoms with E-state index in [1.54, 1.807) is 4.52 Å². The molecular weight excluding hydrogens is 228 g/mol. The number of hydrogen-bond acceptors (Lipinski definition) is 4. The molecule has 2 aromatic rings. The molecule has 5 heteroatoms. The van der Waals surface area contributed by atoms with Crippen molar-refractivity contribution in [1.82, 2.24) is 14.6 Å². The Hall–Kier alpha value is -1.62. The average Bonchev–Trinajstić information content (AvgIpc) is 2.81. The van der Waals surface area contributed by atoms with Gasteiger partial charge in [0.05, 0.1) is 6.10 Å². The third-order valence-corrected chi connectivity index (χ3v) is 3.61. The molecule has 18 heavy (non-hydrogen) atoms. The summed E-state index contributed by atoms with van der Waals surface area (Å²) < 4.78 is 1.77. The van der Waals surface area contributed by atoms with Gasteiger partial charge in [-0.2, -0.15) is 4.98 Å². The van der Waals surface area contributed by atoms with Crippen LogP contribution in [0, 0.1) is 5.92 Å². The number of fused-ring (bicyclic) bond motifs is 1. The summed E-state index contributed by atoms with van der Waals surface area (Å²) in [5.41, 5.74) is 0.860. The molecule has 2 heterocycles. The number of aliphatic hydroxyl groups excluding tert-OH is 1. The molecule has 1 aliphatic rings. The number of nitrogens with zero attached hydrogens (tertiary/aromatic N) is 3. The Labute approximate surface area is 106 Å². The third-order valence-electron chi connectivity index (χ3n) is 3.61. The molecule has 0 unspecified atom stereocenters. The van der Waals surface area contributed by atoms with Crippen LogP contribution in [0.3, 0.4) is 0 Å². The van der Waals surface area contributed by atoms with Gasteiger partial charge in [-0.1, -0.05) is 6.07 Å². The van der Waals surface area contributed by atoms with Crippen LogP contribution in [0.5, 0.6) is 0 Å². The van der Waals surface area contributed by atoms with Gasteiger partial charge >= 0.3 is 0 Å². The molecule has 0 atom stereocenters. The molecule has 0 bridgehead atoms. The van der Waals surface area contributed by atoms with Crippen molar-refractivity contribution in [2.45, 2.75) is 31.8 Å². The SMILES string of the molecule is OC1CCC(CNc2nc3ccccn3n2)CC1. The van der Waals surface area contributed by atoms with Crippen LogP contribution < -0.4 is 5.32 Å². The second-order valence-electron chi connectivity index (χ2n) is 4.99. The lowest BCUT2D eigenvalue weighted by Gasteiger charge is -2.25. The second kappa shape index (κ2) is 4.94. The minimum absolute atomic E-state index is 0.0884. The molecule has 5 nitrogen and oxygen atoms in total. The first kappa shape index (κ1) is 11.5. The first-order valence-corrected chi connectivity index (χ1v) is 6.54. The average molecular weight is 246 g/mol. The summed E-state index contributed by atoms with van der Waals surface area (Å²) in [6.45, 7) is 0.892. The predicted octanol–water partition coefficient (Wildman–Crippen LogP) is 1.69. The molecular formula is C13H18N4O. The third kappa shape index (κ3) is 2.46. The molecule has 0 radical (unpaired) electrons. The van der Waals surface area contributed by atoms with Crippen molar-refractivity contribution < 1.29 is 5.11 Å². The lowest BCUT2D eigenvalue weighted by molar-refractivity contribution is 0.111. The summed E-state index contributed by atoms with van der Waals surface area (Å²) in [5, 5.41) is 17.1. The Bertz CT molecular complexity index is 483. The van der Waals surface area contributed by atoms with Gasteiger partial charge in [-0.25, -0.2) is 4.52 Å². The Morgan fingerprint density at radius 3 is 2.89 bits per heavy atom. The summed E-state index contributed by atoms with van der Waals surface area (Å²) in [7, 11) is 0. The van der Waals surface area contributed by atoms with Crippen molar-refractivity contribution in [2.24, 2.45) is 5.92 Å². The lowest BCUT2D eigenvalue weighted by atomic mass is 9.87. The maximum Gasteiger partial charge on any atom is 0.243 e. The van der Waals surface area contributed by atoms with E-state index in [0.29, 0.717) is 11.9 Å². The molecule has 3 rings (SSSR count). The zero-order valence-corrected chi connectivity index (χ0v) is 10.3. The van der Waals surface area contributed by atoms with E-state index in [2.05, 4.69) is 15.4 Å². The number of anilines is 1. The summed E-state index contributed by atoms with van der Waals surface area (Å²) in [5.74, 6) is 1.31. The van der Waals surface area contributed by atoms with Crippen LogP contribution in [0.4, 0.5) is 5.95 Å². The van der Waals surface area contributed by atoms with E-state index in [1.165, 1.54) is 0 Å². The van der Waals surface area contributed by atoms with E-state index >= 15 is 0 Å². The summed E-state index contributed by atoms with van der Waals surface area (Å²) in [6, 6.07) is 5.83. The number of aliphatic hydroxyl groups is 1. The van der Waals surface area contributed by atoms with Gasteiger partial charge in [0.15, 0.2) is 5.65 Å². The van der Waals surface area contributed by atoms with E-state index in [1.807, 2.05) is 24.4 Å². The summed E-state index contributed by atoms with van der Waals surface area (Å²) in [6.07, 6.45) is 5.82. The van der Waals surface area contributed by atoms with E-state index in [9.17, 15) is 5.11 Å². The smallest absolute Gasteiger partial charge is 0.243 e. The zero-order chi connectivity index (χ0) is 12.4. The van der Waals surface area contributed by atoms with Crippen molar-refractivity contribution in [3.63, 3.8) is 0 Å². The molecule has 0 amide bonds. The van der Waals surface area contributed by atoms with E-state index in [0.717, 1.165) is 37.9 Å². The van der Waals surface area contributed by atoms with E-state index < -0.39 is 0 Å². The van der Waals surface area contributed by atoms with Crippen molar-refractivity contribution >= 4 is 11.6 Å². The Morgan fingerprint density at radius 1 is 1.28 bits per heavy atom. The van der Waals surface area contributed by atoms with Gasteiger partial charge in [-0.15, -0.1) is 5.10 Å². The predicted molar refractivity (Wildman–Crippen MR) is 69.4 cm³/mol. The molecule has 2 N–H and O–H groups in total. The van der Waals surface area contributed by atoms with Crippen LogP contribution in [0.2, 0.25) is 0 Å². The van der Waals surface area contributed by atoms with Crippen molar-refractivity contribution in [2.75, 3.05) is 11.9 Å². The van der Waals surface area contributed by atoms with Gasteiger partial charge in [0.25, 0.3) is 0 Å². The van der Waals surface area contributed by atoms with Gasteiger partial charge in [0.1, 0.15) is 0 Å². The molecule has 96 valence electrons. The van der Waals surface area contributed by atoms with Crippen LogP contribution >= 0.6 is 0 Å². The Balaban J connectivity index is 1.59. The molecule has 0 aliphatic heterocycles. The van der Waals surface area contributed by atoms with Crippen LogP contribution in [0.1, 0.15) is 25.7 Å². The lowest BCUT2D eigenvalue weighted by Crippen LogP contribution is -2.23. The fourth-order valence-electron chi connectivity index (χ4n) is 2.49. The zero-order valence-electron chi connectivity index (χ0n) is 10.3. The van der Waals surface area contributed by atoms with E-state index in [4.69, 9.17) is 0 Å². The fourth-order valence-corrected chi connectivity index (χ4v) is 2.49. The Morgan fingerprint density at radius 2 is 2.11 bits per heavy atom. The monoisotopic (exact) mass is 246 g/mol. The van der Waals surface area contributed by atoms with Gasteiger partial charge in [-0.05, 0) is 43.7 Å². The number of nitrogens with one attached hydrogen (secondary N) is 1. The quantitative estimate of drug-likeness (QED) is 0.865. The van der Waals surface area contributed by atoms with Gasteiger partial charge in [-0.3, -0.25) is 0 Å². The highest BCUT2D eigenvalue weighted by molar-refractivity contribution is 5.42. The highest BCUT2D eigenvalue weighted by Crippen LogP contribution is 2.24. The largest absolute Gasteiger partial charge is 0.393 e. The van der Waals surface area contributed by atoms with Crippen LogP contribution in [-0.4, -0.2) is 32.4 Å². The fraction of sp³-hybridized carbons (Fsp3) is 0.538. The second-order valence-corrected chi connectivity index (χ2v) is 4.99.